The molecule has 1 aliphatic carbocycles. The van der Waals surface area contributed by atoms with E-state index in [0.29, 0.717) is 6.54 Å². The van der Waals surface area contributed by atoms with Crippen molar-refractivity contribution in [1.29, 1.82) is 0 Å². The Bertz CT molecular complexity index is 586. The van der Waals surface area contributed by atoms with E-state index in [1.165, 1.54) is 24.0 Å². The topological polar surface area (TPSA) is 58.4 Å². The quantitative estimate of drug-likeness (QED) is 0.763. The van der Waals surface area contributed by atoms with Gasteiger partial charge in [-0.3, -0.25) is 9.69 Å². The van der Waals surface area contributed by atoms with Crippen LogP contribution in [0.1, 0.15) is 62.6 Å². The molecule has 3 unspecified atom stereocenters. The van der Waals surface area contributed by atoms with E-state index in [4.69, 9.17) is 5.73 Å². The van der Waals surface area contributed by atoms with Crippen molar-refractivity contribution in [3.05, 3.63) is 35.4 Å². The number of rotatable bonds is 5. The van der Waals surface area contributed by atoms with Gasteiger partial charge in [-0.05, 0) is 58.2 Å². The molecule has 0 aromatic heterocycles. The van der Waals surface area contributed by atoms with Crippen molar-refractivity contribution in [3.8, 4) is 0 Å². The SMILES string of the molecule is Cc1ccc(C(CNC(=O)C2CCCCC2(C)N)N2CCCC2)cc1.Cl.Cl. The molecule has 154 valence electrons. The lowest BCUT2D eigenvalue weighted by molar-refractivity contribution is -0.128. The number of nitrogens with two attached hydrogens (primary N) is 1. The van der Waals surface area contributed by atoms with Gasteiger partial charge in [0.2, 0.25) is 5.91 Å². The molecule has 1 heterocycles. The number of nitrogens with zero attached hydrogens (tertiary/aromatic N) is 1. The van der Waals surface area contributed by atoms with Crippen LogP contribution < -0.4 is 11.1 Å². The van der Waals surface area contributed by atoms with Gasteiger partial charge in [-0.25, -0.2) is 0 Å². The second kappa shape index (κ2) is 10.7. The Hall–Kier alpha value is -0.810. The fourth-order valence-electron chi connectivity index (χ4n) is 4.41. The van der Waals surface area contributed by atoms with Gasteiger partial charge >= 0.3 is 0 Å². The Morgan fingerprint density at radius 2 is 1.81 bits per heavy atom. The number of aryl methyl sites for hydroxylation is 1. The fraction of sp³-hybridized carbons (Fsp3) is 0.667. The summed E-state index contributed by atoms with van der Waals surface area (Å²) in [5.41, 5.74) is 8.61. The predicted molar refractivity (Wildman–Crippen MR) is 117 cm³/mol. The van der Waals surface area contributed by atoms with Crippen molar-refractivity contribution in [1.82, 2.24) is 10.2 Å². The van der Waals surface area contributed by atoms with Crippen LogP contribution in [0.25, 0.3) is 0 Å². The highest BCUT2D eigenvalue weighted by molar-refractivity contribution is 5.85. The molecule has 1 saturated carbocycles. The highest BCUT2D eigenvalue weighted by atomic mass is 35.5. The zero-order valence-corrected chi connectivity index (χ0v) is 18.2. The van der Waals surface area contributed by atoms with Crippen molar-refractivity contribution in [3.63, 3.8) is 0 Å². The van der Waals surface area contributed by atoms with E-state index in [1.807, 2.05) is 6.92 Å². The van der Waals surface area contributed by atoms with E-state index in [-0.39, 0.29) is 48.2 Å². The Morgan fingerprint density at radius 1 is 1.19 bits per heavy atom. The van der Waals surface area contributed by atoms with Crippen LogP contribution in [0.3, 0.4) is 0 Å². The Balaban J connectivity index is 0.00000182. The van der Waals surface area contributed by atoms with Gasteiger partial charge in [-0.15, -0.1) is 24.8 Å². The number of benzene rings is 1. The Labute approximate surface area is 176 Å². The van der Waals surface area contributed by atoms with Gasteiger partial charge < -0.3 is 11.1 Å². The van der Waals surface area contributed by atoms with Gasteiger partial charge in [0.15, 0.2) is 0 Å². The van der Waals surface area contributed by atoms with E-state index in [0.717, 1.165) is 38.8 Å². The summed E-state index contributed by atoms with van der Waals surface area (Å²) in [7, 11) is 0. The van der Waals surface area contributed by atoms with E-state index in [1.54, 1.807) is 0 Å². The maximum atomic E-state index is 12.8. The summed E-state index contributed by atoms with van der Waals surface area (Å²) in [6.07, 6.45) is 6.60. The van der Waals surface area contributed by atoms with Gasteiger partial charge in [-0.1, -0.05) is 42.7 Å². The minimum Gasteiger partial charge on any atom is -0.354 e. The first-order valence-corrected chi connectivity index (χ1v) is 9.84. The van der Waals surface area contributed by atoms with E-state index >= 15 is 0 Å². The average Bonchev–Trinajstić information content (AvgIpc) is 3.10. The summed E-state index contributed by atoms with van der Waals surface area (Å²) in [5, 5.41) is 3.24. The zero-order chi connectivity index (χ0) is 17.9. The predicted octanol–water partition coefficient (Wildman–Crippen LogP) is 4.00. The molecule has 1 aromatic carbocycles. The smallest absolute Gasteiger partial charge is 0.225 e. The molecule has 1 aliphatic heterocycles. The van der Waals surface area contributed by atoms with Crippen LogP contribution >= 0.6 is 24.8 Å². The third kappa shape index (κ3) is 6.08. The minimum absolute atomic E-state index is 0. The van der Waals surface area contributed by atoms with E-state index in [9.17, 15) is 4.79 Å². The molecule has 0 radical (unpaired) electrons. The van der Waals surface area contributed by atoms with Gasteiger partial charge in [0.05, 0.1) is 12.0 Å². The molecule has 1 saturated heterocycles. The van der Waals surface area contributed by atoms with Crippen molar-refractivity contribution < 1.29 is 4.79 Å². The third-order valence-electron chi connectivity index (χ3n) is 6.08. The first-order chi connectivity index (χ1) is 12.0. The van der Waals surface area contributed by atoms with Crippen LogP contribution in [0, 0.1) is 12.8 Å². The van der Waals surface area contributed by atoms with Crippen LogP contribution in [0.15, 0.2) is 24.3 Å². The van der Waals surface area contributed by atoms with Crippen molar-refractivity contribution >= 4 is 30.7 Å². The summed E-state index contributed by atoms with van der Waals surface area (Å²) in [5.74, 6) is 0.0829. The van der Waals surface area contributed by atoms with Crippen molar-refractivity contribution in [2.75, 3.05) is 19.6 Å². The molecule has 0 spiro atoms. The first kappa shape index (κ1) is 24.2. The van der Waals surface area contributed by atoms with Crippen molar-refractivity contribution in [2.45, 2.75) is 64.0 Å². The van der Waals surface area contributed by atoms with Gasteiger partial charge in [-0.2, -0.15) is 0 Å². The molecule has 27 heavy (non-hydrogen) atoms. The van der Waals surface area contributed by atoms with Gasteiger partial charge in [0.1, 0.15) is 0 Å². The Morgan fingerprint density at radius 3 is 2.41 bits per heavy atom. The monoisotopic (exact) mass is 415 g/mol. The highest BCUT2D eigenvalue weighted by Gasteiger charge is 2.38. The van der Waals surface area contributed by atoms with Crippen LogP contribution in [-0.2, 0) is 4.79 Å². The molecule has 1 amide bonds. The number of carbonyl (C=O) groups is 1. The number of likely N-dealkylation sites (tertiary alicyclic amines) is 1. The molecule has 4 nitrogen and oxygen atoms in total. The second-order valence-electron chi connectivity index (χ2n) is 8.22. The van der Waals surface area contributed by atoms with Crippen LogP contribution in [0.4, 0.5) is 0 Å². The number of amides is 1. The minimum atomic E-state index is -0.366. The average molecular weight is 416 g/mol. The lowest BCUT2D eigenvalue weighted by atomic mass is 9.74. The fourth-order valence-corrected chi connectivity index (χ4v) is 4.41. The maximum Gasteiger partial charge on any atom is 0.225 e. The van der Waals surface area contributed by atoms with E-state index < -0.39 is 0 Å². The van der Waals surface area contributed by atoms with E-state index in [2.05, 4.69) is 41.4 Å². The molecular weight excluding hydrogens is 381 g/mol. The lowest BCUT2D eigenvalue weighted by Crippen LogP contribution is -2.53. The molecule has 6 heteroatoms. The first-order valence-electron chi connectivity index (χ1n) is 9.84. The van der Waals surface area contributed by atoms with Gasteiger partial charge in [0, 0.05) is 12.1 Å². The Kier molecular flexibility index (Phi) is 9.56. The summed E-state index contributed by atoms with van der Waals surface area (Å²) in [4.78, 5) is 15.3. The largest absolute Gasteiger partial charge is 0.354 e. The summed E-state index contributed by atoms with van der Waals surface area (Å²) >= 11 is 0. The number of hydrogen-bond acceptors (Lipinski definition) is 3. The number of nitrogens with one attached hydrogen (secondary N) is 1. The maximum absolute atomic E-state index is 12.8. The number of halogens is 2. The standard InChI is InChI=1S/C21H33N3O.2ClH/c1-16-8-10-17(11-9-16)19(24-13-5-6-14-24)15-23-20(25)18-7-3-4-12-21(18,2)22;;/h8-11,18-19H,3-7,12-15,22H2,1-2H3,(H,23,25);2*1H. The molecule has 1 aromatic rings. The zero-order valence-electron chi connectivity index (χ0n) is 16.6. The van der Waals surface area contributed by atoms with Crippen LogP contribution in [0.5, 0.6) is 0 Å². The van der Waals surface area contributed by atoms with Crippen molar-refractivity contribution in [2.24, 2.45) is 11.7 Å². The van der Waals surface area contributed by atoms with Crippen LogP contribution in [-0.4, -0.2) is 36.0 Å². The summed E-state index contributed by atoms with van der Waals surface area (Å²) < 4.78 is 0. The highest BCUT2D eigenvalue weighted by Crippen LogP contribution is 2.32. The number of hydrogen-bond donors (Lipinski definition) is 2. The molecule has 2 fully saturated rings. The second-order valence-corrected chi connectivity index (χ2v) is 8.22. The van der Waals surface area contributed by atoms with Crippen LogP contribution in [0.2, 0.25) is 0 Å². The molecule has 3 rings (SSSR count). The molecule has 0 bridgehead atoms. The lowest BCUT2D eigenvalue weighted by Gasteiger charge is -2.38. The molecular formula is C21H35Cl2N3O. The summed E-state index contributed by atoms with van der Waals surface area (Å²) in [6, 6.07) is 9.01. The number of carbonyl (C=O) groups excluding carboxylic acids is 1. The molecule has 2 aliphatic rings. The third-order valence-corrected chi connectivity index (χ3v) is 6.08. The normalized spacial score (nSPS) is 26.6. The molecule has 3 N–H and O–H groups in total. The van der Waals surface area contributed by atoms with Gasteiger partial charge in [0.25, 0.3) is 0 Å². The molecule has 3 atom stereocenters. The summed E-state index contributed by atoms with van der Waals surface area (Å²) in [6.45, 7) is 7.06.